The summed E-state index contributed by atoms with van der Waals surface area (Å²) in [6.07, 6.45) is 0.204. The van der Waals surface area contributed by atoms with Gasteiger partial charge in [0.25, 0.3) is 0 Å². The molecule has 0 saturated heterocycles. The van der Waals surface area contributed by atoms with Gasteiger partial charge in [-0.3, -0.25) is 0 Å². The fourth-order valence-electron chi connectivity index (χ4n) is 1.58. The highest BCUT2D eigenvalue weighted by Gasteiger charge is 2.01. The summed E-state index contributed by atoms with van der Waals surface area (Å²) in [7, 11) is 0. The maximum atomic E-state index is 5.66. The van der Waals surface area contributed by atoms with Crippen LogP contribution in [0.4, 0.5) is 0 Å². The third kappa shape index (κ3) is 2.63. The molecule has 0 N–H and O–H groups in total. The number of hydrogen-bond acceptors (Lipinski definition) is 1. The Morgan fingerprint density at radius 3 is 2.62 bits per heavy atom. The van der Waals surface area contributed by atoms with E-state index in [9.17, 15) is 0 Å². The quantitative estimate of drug-likeness (QED) is 0.747. The molecule has 0 fully saturated rings. The van der Waals surface area contributed by atoms with Crippen LogP contribution in [0.1, 0.15) is 13.8 Å². The van der Waals surface area contributed by atoms with E-state index in [0.717, 1.165) is 16.9 Å². The molecule has 1 nitrogen and oxygen atoms in total. The van der Waals surface area contributed by atoms with Crippen molar-refractivity contribution in [3.8, 4) is 16.9 Å². The van der Waals surface area contributed by atoms with E-state index in [2.05, 4.69) is 18.2 Å². The Labute approximate surface area is 96.7 Å². The second-order valence-corrected chi connectivity index (χ2v) is 3.97. The predicted molar refractivity (Wildman–Crippen MR) is 66.5 cm³/mol. The number of rotatable bonds is 3. The Kier molecular flexibility index (Phi) is 3.25. The third-order valence-corrected chi connectivity index (χ3v) is 2.23. The van der Waals surface area contributed by atoms with Crippen molar-refractivity contribution in [2.75, 3.05) is 0 Å². The lowest BCUT2D eigenvalue weighted by Crippen LogP contribution is -2.05. The van der Waals surface area contributed by atoms with E-state index in [1.54, 1.807) is 0 Å². The lowest BCUT2D eigenvalue weighted by atomic mass is 10.1. The highest BCUT2D eigenvalue weighted by Crippen LogP contribution is 2.23. The average molecular weight is 211 g/mol. The van der Waals surface area contributed by atoms with E-state index in [0.29, 0.717) is 0 Å². The van der Waals surface area contributed by atoms with Crippen LogP contribution in [-0.2, 0) is 0 Å². The van der Waals surface area contributed by atoms with Gasteiger partial charge in [0.15, 0.2) is 0 Å². The van der Waals surface area contributed by atoms with Crippen LogP contribution in [0, 0.1) is 6.07 Å². The first kappa shape index (κ1) is 10.7. The molecule has 81 valence electrons. The van der Waals surface area contributed by atoms with E-state index < -0.39 is 0 Å². The van der Waals surface area contributed by atoms with Crippen molar-refractivity contribution in [1.82, 2.24) is 0 Å². The minimum atomic E-state index is 0.204. The zero-order valence-corrected chi connectivity index (χ0v) is 9.60. The number of benzene rings is 2. The Morgan fingerprint density at radius 2 is 1.94 bits per heavy atom. The number of ether oxygens (including phenoxy) is 1. The van der Waals surface area contributed by atoms with E-state index in [1.165, 1.54) is 0 Å². The highest BCUT2D eigenvalue weighted by molar-refractivity contribution is 5.64. The van der Waals surface area contributed by atoms with Crippen molar-refractivity contribution in [2.24, 2.45) is 0 Å². The van der Waals surface area contributed by atoms with Crippen LogP contribution in [0.2, 0.25) is 0 Å². The molecule has 2 aromatic rings. The maximum Gasteiger partial charge on any atom is 0.120 e. The Morgan fingerprint density at radius 1 is 1.06 bits per heavy atom. The molecule has 16 heavy (non-hydrogen) atoms. The molecule has 0 saturated carbocycles. The number of hydrogen-bond donors (Lipinski definition) is 0. The molecular formula is C15H15O. The first-order chi connectivity index (χ1) is 7.75. The van der Waals surface area contributed by atoms with E-state index >= 15 is 0 Å². The SMILES string of the molecule is CC(C)Oc1cccc(-c2[c]cccc2)c1. The van der Waals surface area contributed by atoms with Crippen LogP contribution >= 0.6 is 0 Å². The molecule has 0 bridgehead atoms. The van der Waals surface area contributed by atoms with Gasteiger partial charge in [-0.2, -0.15) is 0 Å². The summed E-state index contributed by atoms with van der Waals surface area (Å²) in [5, 5.41) is 0. The van der Waals surface area contributed by atoms with Crippen LogP contribution < -0.4 is 4.74 Å². The molecular weight excluding hydrogens is 196 g/mol. The van der Waals surface area contributed by atoms with Crippen molar-refractivity contribution in [3.05, 3.63) is 54.6 Å². The highest BCUT2D eigenvalue weighted by atomic mass is 16.5. The lowest BCUT2D eigenvalue weighted by Gasteiger charge is -2.10. The normalized spacial score (nSPS) is 10.4. The molecule has 0 aliphatic heterocycles. The third-order valence-electron chi connectivity index (χ3n) is 2.23. The Hall–Kier alpha value is -1.76. The van der Waals surface area contributed by atoms with Gasteiger partial charge in [0.2, 0.25) is 0 Å². The van der Waals surface area contributed by atoms with E-state index in [1.807, 2.05) is 50.2 Å². The predicted octanol–water partition coefficient (Wildman–Crippen LogP) is 3.94. The zero-order valence-electron chi connectivity index (χ0n) is 9.60. The maximum absolute atomic E-state index is 5.66. The summed E-state index contributed by atoms with van der Waals surface area (Å²) < 4.78 is 5.66. The van der Waals surface area contributed by atoms with Crippen LogP contribution in [0.5, 0.6) is 5.75 Å². The molecule has 0 heterocycles. The molecule has 0 aromatic heterocycles. The van der Waals surface area contributed by atoms with Crippen molar-refractivity contribution in [2.45, 2.75) is 20.0 Å². The molecule has 1 radical (unpaired) electrons. The molecule has 1 heteroatoms. The minimum absolute atomic E-state index is 0.204. The first-order valence-corrected chi connectivity index (χ1v) is 5.49. The van der Waals surface area contributed by atoms with Gasteiger partial charge >= 0.3 is 0 Å². The molecule has 0 atom stereocenters. The molecule has 0 unspecified atom stereocenters. The van der Waals surface area contributed by atoms with Gasteiger partial charge in [0, 0.05) is 0 Å². The summed E-state index contributed by atoms with van der Waals surface area (Å²) in [5.41, 5.74) is 2.23. The van der Waals surface area contributed by atoms with Gasteiger partial charge in [0.05, 0.1) is 6.10 Å². The van der Waals surface area contributed by atoms with Gasteiger partial charge in [-0.15, -0.1) is 0 Å². The van der Waals surface area contributed by atoms with E-state index in [4.69, 9.17) is 4.74 Å². The van der Waals surface area contributed by atoms with Crippen molar-refractivity contribution in [3.63, 3.8) is 0 Å². The summed E-state index contributed by atoms with van der Waals surface area (Å²) >= 11 is 0. The Bertz CT molecular complexity index is 446. The van der Waals surface area contributed by atoms with Gasteiger partial charge in [-0.05, 0) is 43.2 Å². The van der Waals surface area contributed by atoms with Gasteiger partial charge < -0.3 is 4.74 Å². The smallest absolute Gasteiger partial charge is 0.120 e. The van der Waals surface area contributed by atoms with Crippen LogP contribution in [-0.4, -0.2) is 6.10 Å². The summed E-state index contributed by atoms with van der Waals surface area (Å²) in [4.78, 5) is 0. The van der Waals surface area contributed by atoms with Gasteiger partial charge in [0.1, 0.15) is 5.75 Å². The molecule has 2 rings (SSSR count). The fourth-order valence-corrected chi connectivity index (χ4v) is 1.58. The Balaban J connectivity index is 2.29. The zero-order chi connectivity index (χ0) is 11.4. The van der Waals surface area contributed by atoms with Gasteiger partial charge in [-0.25, -0.2) is 0 Å². The largest absolute Gasteiger partial charge is 0.491 e. The molecule has 2 aromatic carbocycles. The second-order valence-electron chi connectivity index (χ2n) is 3.97. The fraction of sp³-hybridized carbons (Fsp3) is 0.200. The van der Waals surface area contributed by atoms with Crippen LogP contribution in [0.15, 0.2) is 48.5 Å². The standard InChI is InChI=1S/C15H15O/c1-12(2)16-15-10-6-9-14(11-15)13-7-4-3-5-8-13/h3-7,9-12H,1-2H3. The van der Waals surface area contributed by atoms with Crippen molar-refractivity contribution < 1.29 is 4.74 Å². The van der Waals surface area contributed by atoms with Crippen LogP contribution in [0.25, 0.3) is 11.1 Å². The summed E-state index contributed by atoms with van der Waals surface area (Å²) in [6.45, 7) is 4.06. The monoisotopic (exact) mass is 211 g/mol. The lowest BCUT2D eigenvalue weighted by molar-refractivity contribution is 0.242. The minimum Gasteiger partial charge on any atom is -0.491 e. The topological polar surface area (TPSA) is 9.23 Å². The molecule has 0 spiro atoms. The van der Waals surface area contributed by atoms with Crippen molar-refractivity contribution in [1.29, 1.82) is 0 Å². The summed E-state index contributed by atoms with van der Waals surface area (Å²) in [6, 6.07) is 19.3. The second kappa shape index (κ2) is 4.84. The average Bonchev–Trinajstić information content (AvgIpc) is 2.30. The van der Waals surface area contributed by atoms with Crippen molar-refractivity contribution >= 4 is 0 Å². The first-order valence-electron chi connectivity index (χ1n) is 5.49. The molecule has 0 aliphatic carbocycles. The van der Waals surface area contributed by atoms with Crippen LogP contribution in [0.3, 0.4) is 0 Å². The molecule has 0 aliphatic rings. The van der Waals surface area contributed by atoms with E-state index in [-0.39, 0.29) is 6.10 Å². The summed E-state index contributed by atoms with van der Waals surface area (Å²) in [5.74, 6) is 0.907. The molecule has 0 amide bonds. The van der Waals surface area contributed by atoms with Gasteiger partial charge in [-0.1, -0.05) is 36.4 Å².